The minimum Gasteiger partial charge on any atom is -0.408 e. The molecule has 2 aromatic heterocycles. The number of aromatic nitrogens is 2. The first kappa shape index (κ1) is 21.4. The van der Waals surface area contributed by atoms with E-state index in [4.69, 9.17) is 16.3 Å². The summed E-state index contributed by atoms with van der Waals surface area (Å²) in [6, 6.07) is -1.15. The van der Waals surface area contributed by atoms with Crippen LogP contribution in [0.4, 0.5) is 32.4 Å². The molecule has 1 aliphatic heterocycles. The molecule has 0 bridgehead atoms. The molecular weight excluding hydrogens is 449 g/mol. The maximum Gasteiger partial charge on any atom is 0.412 e. The lowest BCUT2D eigenvalue weighted by Crippen LogP contribution is -2.57. The number of ether oxygens (including phenoxy) is 1. The van der Waals surface area contributed by atoms with Crippen molar-refractivity contribution >= 4 is 45.3 Å². The minimum absolute atomic E-state index is 0.00540. The number of hydrogen-bond donors (Lipinski definition) is 3. The first-order valence-corrected chi connectivity index (χ1v) is 9.42. The maximum absolute atomic E-state index is 14.9. The van der Waals surface area contributed by atoms with Crippen LogP contribution in [0.5, 0.6) is 5.75 Å². The number of fused-ring (bicyclic) bond motifs is 3. The summed E-state index contributed by atoms with van der Waals surface area (Å²) in [6.45, 7) is -0.362. The van der Waals surface area contributed by atoms with Gasteiger partial charge in [-0.1, -0.05) is 11.6 Å². The van der Waals surface area contributed by atoms with E-state index in [1.807, 2.05) is 0 Å². The lowest BCUT2D eigenvalue weighted by Gasteiger charge is -2.36. The molecule has 1 atom stereocenters. The summed E-state index contributed by atoms with van der Waals surface area (Å²) in [4.78, 5) is 19.8. The Labute approximate surface area is 176 Å². The van der Waals surface area contributed by atoms with Gasteiger partial charge in [-0.3, -0.25) is 0 Å². The van der Waals surface area contributed by atoms with Crippen molar-refractivity contribution in [2.75, 3.05) is 31.6 Å². The molecule has 1 amide bonds. The maximum atomic E-state index is 14.9. The number of amides is 1. The number of nitrogens with one attached hydrogen (secondary N) is 3. The number of carbonyl (C=O) groups excluding carboxylic acids is 1. The second-order valence-corrected chi connectivity index (χ2v) is 7.26. The molecule has 0 spiro atoms. The van der Waals surface area contributed by atoms with Crippen LogP contribution in [0, 0.1) is 11.6 Å². The summed E-state index contributed by atoms with van der Waals surface area (Å²) in [5.41, 5.74) is 0.0304. The quantitative estimate of drug-likeness (QED) is 0.505. The third-order valence-corrected chi connectivity index (χ3v) is 5.25. The Hall–Kier alpha value is -2.86. The number of nitrogens with zero attached hydrogens (tertiary/aromatic N) is 2. The van der Waals surface area contributed by atoms with Gasteiger partial charge >= 0.3 is 12.3 Å². The molecule has 0 saturated carbocycles. The molecule has 3 heterocycles. The number of H-pyrrole nitrogens is 1. The fourth-order valence-electron chi connectivity index (χ4n) is 3.60. The van der Waals surface area contributed by atoms with Crippen molar-refractivity contribution in [2.45, 2.75) is 12.2 Å². The van der Waals surface area contributed by atoms with E-state index in [0.717, 1.165) is 0 Å². The van der Waals surface area contributed by atoms with Gasteiger partial charge in [0.15, 0.2) is 17.4 Å². The van der Waals surface area contributed by atoms with E-state index in [1.165, 1.54) is 18.1 Å². The Morgan fingerprint density at radius 3 is 2.77 bits per heavy atom. The SMILES string of the molecule is CNC(=O)Oc1cc(F)c(F)c2c1[nH]c1ncc(Cl)c(N3CCNC(C(F)(F)F)C3)c12. The summed E-state index contributed by atoms with van der Waals surface area (Å²) in [7, 11) is 1.28. The zero-order valence-electron chi connectivity index (χ0n) is 15.8. The van der Waals surface area contributed by atoms with Gasteiger partial charge < -0.3 is 25.3 Å². The molecule has 4 rings (SSSR count). The molecule has 31 heavy (non-hydrogen) atoms. The number of benzene rings is 1. The highest BCUT2D eigenvalue weighted by Gasteiger charge is 2.42. The standard InChI is InChI=1S/C18H15ClF5N5O2/c1-25-17(30)31-9-4-8(20)13(21)11-12-15(7(19)5-27-16(12)28-14(9)11)29-3-2-26-10(6-29)18(22,23)24/h4-5,10,26H,2-3,6H2,1H3,(H,25,30)(H,27,28). The number of carbonyl (C=O) groups is 1. The molecule has 13 heteroatoms. The second-order valence-electron chi connectivity index (χ2n) is 6.86. The second kappa shape index (κ2) is 7.68. The van der Waals surface area contributed by atoms with Crippen LogP contribution in [-0.4, -0.2) is 55.0 Å². The van der Waals surface area contributed by atoms with Crippen LogP contribution in [0.3, 0.4) is 0 Å². The first-order valence-electron chi connectivity index (χ1n) is 9.04. The van der Waals surface area contributed by atoms with Crippen LogP contribution in [0.15, 0.2) is 12.3 Å². The summed E-state index contributed by atoms with van der Waals surface area (Å²) in [5.74, 6) is -2.91. The highest BCUT2D eigenvalue weighted by molar-refractivity contribution is 6.35. The highest BCUT2D eigenvalue weighted by atomic mass is 35.5. The summed E-state index contributed by atoms with van der Waals surface area (Å²) in [6.07, 6.45) is -4.23. The number of aromatic amines is 1. The summed E-state index contributed by atoms with van der Waals surface area (Å²) >= 11 is 6.26. The average Bonchev–Trinajstić information content (AvgIpc) is 3.11. The third kappa shape index (κ3) is 3.69. The van der Waals surface area contributed by atoms with Crippen molar-refractivity contribution in [3.05, 3.63) is 28.9 Å². The Bertz CT molecular complexity index is 1180. The fourth-order valence-corrected chi connectivity index (χ4v) is 3.87. The van der Waals surface area contributed by atoms with Gasteiger partial charge in [-0.05, 0) is 0 Å². The lowest BCUT2D eigenvalue weighted by atomic mass is 10.1. The minimum atomic E-state index is -4.51. The largest absolute Gasteiger partial charge is 0.412 e. The van der Waals surface area contributed by atoms with E-state index in [0.29, 0.717) is 6.07 Å². The third-order valence-electron chi connectivity index (χ3n) is 4.98. The van der Waals surface area contributed by atoms with Crippen LogP contribution < -0.4 is 20.3 Å². The van der Waals surface area contributed by atoms with E-state index in [1.54, 1.807) is 0 Å². The lowest BCUT2D eigenvalue weighted by molar-refractivity contribution is -0.155. The van der Waals surface area contributed by atoms with Gasteiger partial charge in [-0.2, -0.15) is 13.2 Å². The average molecular weight is 464 g/mol. The van der Waals surface area contributed by atoms with Crippen LogP contribution in [0.2, 0.25) is 5.02 Å². The Kier molecular flexibility index (Phi) is 5.30. The van der Waals surface area contributed by atoms with E-state index >= 15 is 0 Å². The predicted octanol–water partition coefficient (Wildman–Crippen LogP) is 3.71. The Morgan fingerprint density at radius 1 is 1.35 bits per heavy atom. The van der Waals surface area contributed by atoms with Crippen molar-refractivity contribution in [3.63, 3.8) is 0 Å². The molecule has 166 valence electrons. The molecule has 1 saturated heterocycles. The Balaban J connectivity index is 1.96. The van der Waals surface area contributed by atoms with Crippen molar-refractivity contribution < 1.29 is 31.5 Å². The molecule has 1 aliphatic rings. The van der Waals surface area contributed by atoms with Crippen LogP contribution in [0.1, 0.15) is 0 Å². The monoisotopic (exact) mass is 463 g/mol. The molecule has 0 aliphatic carbocycles. The predicted molar refractivity (Wildman–Crippen MR) is 104 cm³/mol. The van der Waals surface area contributed by atoms with Gasteiger partial charge in [0.05, 0.1) is 33.2 Å². The number of hydrogen-bond acceptors (Lipinski definition) is 5. The molecule has 1 aromatic carbocycles. The van der Waals surface area contributed by atoms with Gasteiger partial charge in [-0.15, -0.1) is 0 Å². The fraction of sp³-hybridized carbons (Fsp3) is 0.333. The number of halogens is 6. The Morgan fingerprint density at radius 2 is 2.10 bits per heavy atom. The van der Waals surface area contributed by atoms with Crippen LogP contribution >= 0.6 is 11.6 Å². The van der Waals surface area contributed by atoms with Crippen LogP contribution in [0.25, 0.3) is 21.9 Å². The highest BCUT2D eigenvalue weighted by Crippen LogP contribution is 2.42. The van der Waals surface area contributed by atoms with E-state index in [2.05, 4.69) is 20.6 Å². The molecule has 1 fully saturated rings. The summed E-state index contributed by atoms with van der Waals surface area (Å²) in [5, 5.41) is 4.19. The zero-order chi connectivity index (χ0) is 22.5. The summed E-state index contributed by atoms with van der Waals surface area (Å²) < 4.78 is 74.0. The zero-order valence-corrected chi connectivity index (χ0v) is 16.6. The van der Waals surface area contributed by atoms with Gasteiger partial charge in [-0.25, -0.2) is 18.6 Å². The molecule has 0 radical (unpaired) electrons. The van der Waals surface area contributed by atoms with E-state index in [-0.39, 0.29) is 51.5 Å². The van der Waals surface area contributed by atoms with Crippen molar-refractivity contribution in [1.29, 1.82) is 0 Å². The number of anilines is 1. The number of pyridine rings is 1. The van der Waals surface area contributed by atoms with Crippen molar-refractivity contribution in [3.8, 4) is 5.75 Å². The number of rotatable bonds is 2. The van der Waals surface area contributed by atoms with Crippen LogP contribution in [-0.2, 0) is 0 Å². The number of alkyl halides is 3. The molecular formula is C18H15ClF5N5O2. The topological polar surface area (TPSA) is 82.3 Å². The van der Waals surface area contributed by atoms with E-state index < -0.39 is 36.5 Å². The van der Waals surface area contributed by atoms with Gasteiger partial charge in [0, 0.05) is 32.7 Å². The molecule has 3 N–H and O–H groups in total. The van der Waals surface area contributed by atoms with Gasteiger partial charge in [0.2, 0.25) is 0 Å². The van der Waals surface area contributed by atoms with Crippen molar-refractivity contribution in [1.82, 2.24) is 20.6 Å². The molecule has 3 aromatic rings. The van der Waals surface area contributed by atoms with Gasteiger partial charge in [0.1, 0.15) is 11.7 Å². The first-order chi connectivity index (χ1) is 14.6. The van der Waals surface area contributed by atoms with Crippen molar-refractivity contribution in [2.24, 2.45) is 0 Å². The molecule has 1 unspecified atom stereocenters. The smallest absolute Gasteiger partial charge is 0.408 e. The van der Waals surface area contributed by atoms with E-state index in [9.17, 15) is 26.7 Å². The van der Waals surface area contributed by atoms with Gasteiger partial charge in [0.25, 0.3) is 0 Å². The normalized spacial score (nSPS) is 17.4. The number of piperazine rings is 1. The molecule has 7 nitrogen and oxygen atoms in total.